The number of piperazine rings is 1. The van der Waals surface area contributed by atoms with Gasteiger partial charge in [0.25, 0.3) is 17.9 Å². The van der Waals surface area contributed by atoms with Gasteiger partial charge in [0, 0.05) is 26.2 Å². The van der Waals surface area contributed by atoms with Gasteiger partial charge in [-0.05, 0) is 13.0 Å². The first-order valence-electron chi connectivity index (χ1n) is 12.7. The van der Waals surface area contributed by atoms with E-state index in [2.05, 4.69) is 15.4 Å². The van der Waals surface area contributed by atoms with Crippen molar-refractivity contribution in [3.8, 4) is 0 Å². The molecule has 0 radical (unpaired) electrons. The molecule has 43 heavy (non-hydrogen) atoms. The quantitative estimate of drug-likeness (QED) is 0.339. The van der Waals surface area contributed by atoms with Gasteiger partial charge >= 0.3 is 12.4 Å². The van der Waals surface area contributed by atoms with Gasteiger partial charge in [0.1, 0.15) is 17.3 Å². The molecule has 4 rings (SSSR count). The van der Waals surface area contributed by atoms with Crippen molar-refractivity contribution in [2.45, 2.75) is 44.2 Å². The number of alkyl halides is 8. The van der Waals surface area contributed by atoms with Crippen LogP contribution in [0.25, 0.3) is 0 Å². The third kappa shape index (κ3) is 6.65. The lowest BCUT2D eigenvalue weighted by Gasteiger charge is -2.46. The summed E-state index contributed by atoms with van der Waals surface area (Å²) in [6.45, 7) is 0.930. The standard InChI is InChI=1S/C24H25F8N7O4/c1-11(34-13-8-33-36-21(41)17(13)24(30,31)32)10-43-6-3-16(40)38-4-5-39-15(9-38)22(42)37(2)14-7-12(23(27,28)29)18(19(25)26)35-20(14)39/h7-8,11,15,19H,3-6,9-10H2,1-2H3,(H2,34,36,41)/t11-,15-/m0/s1. The second kappa shape index (κ2) is 11.9. The van der Waals surface area contributed by atoms with Gasteiger partial charge in [-0.1, -0.05) is 0 Å². The molecule has 19 heteroatoms. The fraction of sp³-hybridized carbons (Fsp3) is 0.542. The number of ether oxygens (including phenoxy) is 1. The van der Waals surface area contributed by atoms with Gasteiger partial charge < -0.3 is 24.8 Å². The lowest BCUT2D eigenvalue weighted by molar-refractivity contribution is -0.140. The molecule has 1 fully saturated rings. The highest BCUT2D eigenvalue weighted by atomic mass is 19.4. The number of nitrogens with zero attached hydrogens (tertiary/aromatic N) is 5. The number of carbonyl (C=O) groups is 2. The van der Waals surface area contributed by atoms with E-state index in [1.807, 2.05) is 0 Å². The van der Waals surface area contributed by atoms with Crippen LogP contribution in [0.15, 0.2) is 17.1 Å². The number of aromatic amines is 1. The van der Waals surface area contributed by atoms with Gasteiger partial charge in [-0.3, -0.25) is 14.4 Å². The Bertz CT molecular complexity index is 1430. The number of pyridine rings is 1. The van der Waals surface area contributed by atoms with Crippen LogP contribution in [0, 0.1) is 0 Å². The van der Waals surface area contributed by atoms with Gasteiger partial charge in [-0.15, -0.1) is 0 Å². The van der Waals surface area contributed by atoms with Crippen LogP contribution in [-0.2, 0) is 26.7 Å². The molecule has 0 bridgehead atoms. The summed E-state index contributed by atoms with van der Waals surface area (Å²) in [7, 11) is 1.19. The minimum Gasteiger partial charge on any atom is -0.379 e. The van der Waals surface area contributed by atoms with Crippen molar-refractivity contribution in [3.63, 3.8) is 0 Å². The number of likely N-dealkylation sites (N-methyl/N-ethyl adjacent to an activating group) is 1. The van der Waals surface area contributed by atoms with Crippen LogP contribution in [0.3, 0.4) is 0 Å². The summed E-state index contributed by atoms with van der Waals surface area (Å²) in [5, 5.41) is 7.57. The minimum atomic E-state index is -5.13. The monoisotopic (exact) mass is 627 g/mol. The van der Waals surface area contributed by atoms with Crippen molar-refractivity contribution < 1.29 is 49.4 Å². The van der Waals surface area contributed by atoms with Crippen molar-refractivity contribution in [1.29, 1.82) is 0 Å². The maximum atomic E-state index is 13.5. The molecule has 236 valence electrons. The van der Waals surface area contributed by atoms with Gasteiger partial charge in [0.15, 0.2) is 5.82 Å². The smallest absolute Gasteiger partial charge is 0.379 e. The molecule has 2 aromatic rings. The van der Waals surface area contributed by atoms with Crippen LogP contribution in [0.1, 0.15) is 36.6 Å². The Labute approximate surface area is 237 Å². The Balaban J connectivity index is 1.36. The largest absolute Gasteiger partial charge is 0.423 e. The van der Waals surface area contributed by atoms with E-state index in [9.17, 15) is 49.5 Å². The summed E-state index contributed by atoms with van der Waals surface area (Å²) < 4.78 is 112. The SMILES string of the molecule is C[C@@H](COCCC(=O)N1CCN2c3nc(C(F)F)c(C(F)(F)F)cc3N(C)C(=O)[C@@H]2C1)Nc1cn[nH]c(=O)c1C(F)(F)F. The molecular weight excluding hydrogens is 602 g/mol. The summed E-state index contributed by atoms with van der Waals surface area (Å²) in [5.41, 5.74) is -6.80. The van der Waals surface area contributed by atoms with E-state index in [0.717, 1.165) is 11.1 Å². The number of halogens is 8. The molecule has 2 N–H and O–H groups in total. The van der Waals surface area contributed by atoms with E-state index in [-0.39, 0.29) is 50.8 Å². The highest BCUT2D eigenvalue weighted by molar-refractivity contribution is 6.05. The summed E-state index contributed by atoms with van der Waals surface area (Å²) in [4.78, 5) is 44.5. The average Bonchev–Trinajstić information content (AvgIpc) is 2.91. The van der Waals surface area contributed by atoms with Crippen LogP contribution < -0.4 is 20.7 Å². The number of hydrogen-bond acceptors (Lipinski definition) is 8. The number of H-pyrrole nitrogens is 1. The van der Waals surface area contributed by atoms with E-state index in [4.69, 9.17) is 4.74 Å². The normalized spacial score (nSPS) is 18.1. The van der Waals surface area contributed by atoms with Crippen molar-refractivity contribution >= 4 is 29.0 Å². The van der Waals surface area contributed by atoms with Crippen molar-refractivity contribution in [3.05, 3.63) is 39.4 Å². The third-order valence-corrected chi connectivity index (χ3v) is 6.88. The Morgan fingerprint density at radius 3 is 2.49 bits per heavy atom. The lowest BCUT2D eigenvalue weighted by Crippen LogP contribution is -2.63. The first kappa shape index (κ1) is 31.9. The summed E-state index contributed by atoms with van der Waals surface area (Å²) in [6, 6.07) is -1.33. The fourth-order valence-corrected chi connectivity index (χ4v) is 4.85. The van der Waals surface area contributed by atoms with Crippen molar-refractivity contribution in [2.75, 3.05) is 55.0 Å². The number of aromatic nitrogens is 3. The lowest BCUT2D eigenvalue weighted by atomic mass is 10.0. The van der Waals surface area contributed by atoms with E-state index in [0.29, 0.717) is 6.07 Å². The molecule has 0 saturated carbocycles. The van der Waals surface area contributed by atoms with Crippen LogP contribution in [0.5, 0.6) is 0 Å². The van der Waals surface area contributed by atoms with E-state index in [1.165, 1.54) is 23.8 Å². The predicted octanol–water partition coefficient (Wildman–Crippen LogP) is 3.04. The molecule has 2 amide bonds. The molecule has 0 spiro atoms. The topological polar surface area (TPSA) is 124 Å². The van der Waals surface area contributed by atoms with Crippen molar-refractivity contribution in [1.82, 2.24) is 20.1 Å². The molecule has 2 aliphatic rings. The molecule has 0 unspecified atom stereocenters. The predicted molar refractivity (Wildman–Crippen MR) is 134 cm³/mol. The van der Waals surface area contributed by atoms with Crippen molar-refractivity contribution in [2.24, 2.45) is 0 Å². The van der Waals surface area contributed by atoms with E-state index in [1.54, 1.807) is 5.10 Å². The summed E-state index contributed by atoms with van der Waals surface area (Å²) in [5.74, 6) is -1.33. The van der Waals surface area contributed by atoms with Gasteiger partial charge in [0.2, 0.25) is 5.91 Å². The number of rotatable bonds is 8. The number of fused-ring (bicyclic) bond motifs is 3. The number of amides is 2. The Morgan fingerprint density at radius 2 is 1.86 bits per heavy atom. The Hall–Kier alpha value is -4.03. The van der Waals surface area contributed by atoms with Crippen LogP contribution in [0.2, 0.25) is 0 Å². The van der Waals surface area contributed by atoms with Gasteiger partial charge in [-0.25, -0.2) is 18.9 Å². The number of nitrogens with one attached hydrogen (secondary N) is 2. The number of anilines is 3. The molecular formula is C24H25F8N7O4. The van der Waals surface area contributed by atoms with E-state index < -0.39 is 70.7 Å². The molecule has 11 nitrogen and oxygen atoms in total. The highest BCUT2D eigenvalue weighted by Crippen LogP contribution is 2.43. The second-order valence-electron chi connectivity index (χ2n) is 9.86. The number of carbonyl (C=O) groups excluding carboxylic acids is 2. The van der Waals surface area contributed by atoms with Crippen LogP contribution in [0.4, 0.5) is 52.3 Å². The molecule has 2 aliphatic heterocycles. The summed E-state index contributed by atoms with van der Waals surface area (Å²) in [6.07, 6.45) is -12.9. The molecule has 4 heterocycles. The zero-order chi connectivity index (χ0) is 31.9. The van der Waals surface area contributed by atoms with Gasteiger partial charge in [0.05, 0.1) is 49.3 Å². The maximum absolute atomic E-state index is 13.5. The Morgan fingerprint density at radius 1 is 1.16 bits per heavy atom. The van der Waals surface area contributed by atoms with Gasteiger partial charge in [-0.2, -0.15) is 31.4 Å². The summed E-state index contributed by atoms with van der Waals surface area (Å²) >= 11 is 0. The van der Waals surface area contributed by atoms with Crippen LogP contribution in [-0.4, -0.2) is 83.9 Å². The first-order chi connectivity index (χ1) is 20.0. The zero-order valence-electron chi connectivity index (χ0n) is 22.5. The zero-order valence-corrected chi connectivity index (χ0v) is 22.5. The first-order valence-corrected chi connectivity index (χ1v) is 12.7. The maximum Gasteiger partial charge on any atom is 0.423 e. The molecule has 2 aromatic heterocycles. The average molecular weight is 627 g/mol. The molecule has 1 saturated heterocycles. The fourth-order valence-electron chi connectivity index (χ4n) is 4.85. The van der Waals surface area contributed by atoms with E-state index >= 15 is 0 Å². The highest BCUT2D eigenvalue weighted by Gasteiger charge is 2.45. The number of hydrogen-bond donors (Lipinski definition) is 2. The Kier molecular flexibility index (Phi) is 8.85. The molecule has 0 aliphatic carbocycles. The van der Waals surface area contributed by atoms with Crippen LogP contribution >= 0.6 is 0 Å². The third-order valence-electron chi connectivity index (χ3n) is 6.88. The molecule has 0 aromatic carbocycles. The minimum absolute atomic E-state index is 0.00616. The molecule has 2 atom stereocenters. The second-order valence-corrected chi connectivity index (χ2v) is 9.86.